The molecule has 0 saturated carbocycles. The number of para-hydroxylation sites is 2. The third-order valence-electron chi connectivity index (χ3n) is 6.31. The second kappa shape index (κ2) is 9.26. The molecule has 0 radical (unpaired) electrons. The molecular weight excluding hydrogens is 432 g/mol. The number of nitro benzene ring substituents is 1. The Kier molecular flexibility index (Phi) is 6.01. The van der Waals surface area contributed by atoms with Gasteiger partial charge in [0.1, 0.15) is 5.69 Å². The molecule has 34 heavy (non-hydrogen) atoms. The highest BCUT2D eigenvalue weighted by molar-refractivity contribution is 5.93. The molecule has 2 aromatic carbocycles. The lowest BCUT2D eigenvalue weighted by molar-refractivity contribution is -0.384. The zero-order valence-corrected chi connectivity index (χ0v) is 18.9. The Morgan fingerprint density at radius 3 is 2.94 bits per heavy atom. The summed E-state index contributed by atoms with van der Waals surface area (Å²) in [5.41, 5.74) is 6.41. The monoisotopic (exact) mass is 459 g/mol. The van der Waals surface area contributed by atoms with Crippen LogP contribution < -0.4 is 20.7 Å². The van der Waals surface area contributed by atoms with Crippen molar-refractivity contribution in [2.75, 3.05) is 18.4 Å². The molecule has 3 N–H and O–H groups in total. The summed E-state index contributed by atoms with van der Waals surface area (Å²) >= 11 is 0. The van der Waals surface area contributed by atoms with E-state index in [2.05, 4.69) is 32.1 Å². The molecule has 174 valence electrons. The van der Waals surface area contributed by atoms with Crippen molar-refractivity contribution in [1.29, 1.82) is 0 Å². The van der Waals surface area contributed by atoms with E-state index >= 15 is 0 Å². The molecule has 10 heteroatoms. The minimum absolute atomic E-state index is 0.0555. The summed E-state index contributed by atoms with van der Waals surface area (Å²) in [6.07, 6.45) is 5.89. The summed E-state index contributed by atoms with van der Waals surface area (Å²) in [7, 11) is 0. The van der Waals surface area contributed by atoms with Crippen LogP contribution >= 0.6 is 0 Å². The van der Waals surface area contributed by atoms with E-state index in [1.807, 2.05) is 43.6 Å². The third-order valence-corrected chi connectivity index (χ3v) is 6.31. The molecule has 1 aromatic heterocycles. The first-order valence-corrected chi connectivity index (χ1v) is 11.4. The Morgan fingerprint density at radius 1 is 1.24 bits per heavy atom. The fraction of sp³-hybridized carbons (Fsp3) is 0.292. The average molecular weight is 460 g/mol. The summed E-state index contributed by atoms with van der Waals surface area (Å²) < 4.78 is 0.191. The number of nitrogens with zero attached hydrogens (tertiary/aromatic N) is 5. The van der Waals surface area contributed by atoms with Crippen molar-refractivity contribution in [3.8, 4) is 0 Å². The topological polar surface area (TPSA) is 117 Å². The zero-order valence-electron chi connectivity index (χ0n) is 18.9. The molecule has 3 aromatic rings. The van der Waals surface area contributed by atoms with Gasteiger partial charge in [-0.2, -0.15) is 9.98 Å². The van der Waals surface area contributed by atoms with Gasteiger partial charge in [0, 0.05) is 36.5 Å². The summed E-state index contributed by atoms with van der Waals surface area (Å²) in [6, 6.07) is 16.7. The molecule has 2 aliphatic heterocycles. The molecule has 1 fully saturated rings. The molecule has 3 heterocycles. The van der Waals surface area contributed by atoms with Gasteiger partial charge in [-0.05, 0) is 37.9 Å². The Bertz CT molecular complexity index is 1230. The molecule has 3 atom stereocenters. The number of fused-ring (bicyclic) bond motifs is 1. The van der Waals surface area contributed by atoms with Crippen molar-refractivity contribution in [2.24, 2.45) is 4.99 Å². The number of nitrogens with one attached hydrogen (secondary N) is 3. The van der Waals surface area contributed by atoms with Crippen molar-refractivity contribution in [1.82, 2.24) is 25.3 Å². The first-order chi connectivity index (χ1) is 16.5. The van der Waals surface area contributed by atoms with Gasteiger partial charge in [-0.15, -0.1) is 10.0 Å². The van der Waals surface area contributed by atoms with Crippen LogP contribution in [0.1, 0.15) is 31.4 Å². The Morgan fingerprint density at radius 2 is 2.12 bits per heavy atom. The number of aromatic nitrogens is 2. The molecule has 2 aliphatic rings. The molecule has 10 nitrogen and oxygen atoms in total. The number of nitro groups is 1. The van der Waals surface area contributed by atoms with Crippen LogP contribution in [0, 0.1) is 10.1 Å². The number of benzene rings is 2. The maximum Gasteiger partial charge on any atom is 0.269 e. The minimum atomic E-state index is -0.393. The fourth-order valence-electron chi connectivity index (χ4n) is 4.46. The van der Waals surface area contributed by atoms with Crippen LogP contribution in [0.5, 0.6) is 0 Å². The standard InChI is InChI=1S/C24H27N8O2/c1-17(18-6-4-8-20(14-18)31(33)34)29-24-26-13-11-23(30-24)32(28-15-19-7-5-12-25-19)16-27-21-9-2-3-10-22(21)32/h2-4,6,8-11,13-14,16-17,19,25,28H,5,7,12,15H2,1H3,(H,26,29,30)/q+1. The number of aliphatic imine (C=N–C) groups is 1. The minimum Gasteiger partial charge on any atom is -0.348 e. The molecule has 0 amide bonds. The second-order valence-corrected chi connectivity index (χ2v) is 8.57. The van der Waals surface area contributed by atoms with E-state index in [1.165, 1.54) is 12.5 Å². The molecular formula is C24H27N8O2+. The number of non-ortho nitro benzene ring substituents is 1. The first-order valence-electron chi connectivity index (χ1n) is 11.4. The van der Waals surface area contributed by atoms with Crippen LogP contribution in [-0.2, 0) is 0 Å². The second-order valence-electron chi connectivity index (χ2n) is 8.57. The normalized spacial score (nSPS) is 21.9. The number of anilines is 1. The van der Waals surface area contributed by atoms with Crippen molar-refractivity contribution >= 4 is 35.2 Å². The van der Waals surface area contributed by atoms with Gasteiger partial charge in [0.2, 0.25) is 12.3 Å². The average Bonchev–Trinajstić information content (AvgIpc) is 3.52. The van der Waals surface area contributed by atoms with Crippen molar-refractivity contribution in [2.45, 2.75) is 31.8 Å². The van der Waals surface area contributed by atoms with E-state index in [1.54, 1.807) is 18.3 Å². The van der Waals surface area contributed by atoms with Crippen LogP contribution in [0.15, 0.2) is 65.8 Å². The summed E-state index contributed by atoms with van der Waals surface area (Å²) in [6.45, 7) is 3.72. The smallest absolute Gasteiger partial charge is 0.269 e. The van der Waals surface area contributed by atoms with E-state index in [0.29, 0.717) is 12.0 Å². The zero-order chi connectivity index (χ0) is 23.5. The third kappa shape index (κ3) is 4.26. The SMILES string of the molecule is CC(Nc1nccc([N+]2(NCC3CCCN3)C=Nc3ccccc32)n1)c1cccc([N+](=O)[O-])c1. The lowest BCUT2D eigenvalue weighted by Gasteiger charge is -2.30. The van der Waals surface area contributed by atoms with E-state index in [0.717, 1.165) is 42.3 Å². The van der Waals surface area contributed by atoms with Crippen LogP contribution in [0.3, 0.4) is 0 Å². The van der Waals surface area contributed by atoms with Crippen LogP contribution in [-0.4, -0.2) is 40.4 Å². The molecule has 0 spiro atoms. The molecule has 0 bridgehead atoms. The van der Waals surface area contributed by atoms with Crippen molar-refractivity contribution in [3.05, 3.63) is 76.5 Å². The lowest BCUT2D eigenvalue weighted by Crippen LogP contribution is -2.56. The number of quaternary nitrogens is 1. The van der Waals surface area contributed by atoms with Gasteiger partial charge in [-0.3, -0.25) is 10.1 Å². The van der Waals surface area contributed by atoms with E-state index in [4.69, 9.17) is 4.98 Å². The maximum atomic E-state index is 11.2. The Balaban J connectivity index is 1.44. The largest absolute Gasteiger partial charge is 0.348 e. The highest BCUT2D eigenvalue weighted by Crippen LogP contribution is 2.41. The van der Waals surface area contributed by atoms with E-state index in [9.17, 15) is 10.1 Å². The fourth-order valence-corrected chi connectivity index (χ4v) is 4.46. The number of rotatable bonds is 8. The van der Waals surface area contributed by atoms with Gasteiger partial charge in [0.25, 0.3) is 11.5 Å². The van der Waals surface area contributed by atoms with Gasteiger partial charge in [-0.1, -0.05) is 24.3 Å². The van der Waals surface area contributed by atoms with Gasteiger partial charge < -0.3 is 10.6 Å². The highest BCUT2D eigenvalue weighted by atomic mass is 16.6. The first kappa shape index (κ1) is 22.1. The van der Waals surface area contributed by atoms with E-state index < -0.39 is 4.92 Å². The van der Waals surface area contributed by atoms with Gasteiger partial charge in [-0.25, -0.2) is 4.98 Å². The number of hydrogen-bond acceptors (Lipinski definition) is 8. The Labute approximate surface area is 197 Å². The molecule has 3 unspecified atom stereocenters. The molecule has 1 saturated heterocycles. The van der Waals surface area contributed by atoms with Crippen LogP contribution in [0.4, 0.5) is 28.8 Å². The highest BCUT2D eigenvalue weighted by Gasteiger charge is 2.41. The van der Waals surface area contributed by atoms with E-state index in [-0.39, 0.29) is 16.3 Å². The van der Waals surface area contributed by atoms with Crippen LogP contribution in [0.25, 0.3) is 0 Å². The molecule has 0 aliphatic carbocycles. The van der Waals surface area contributed by atoms with Crippen LogP contribution in [0.2, 0.25) is 0 Å². The van der Waals surface area contributed by atoms with Gasteiger partial charge in [0.15, 0.2) is 5.69 Å². The Hall–Kier alpha value is -3.73. The molecule has 5 rings (SSSR count). The summed E-state index contributed by atoms with van der Waals surface area (Å²) in [5, 5.41) is 18.0. The summed E-state index contributed by atoms with van der Waals surface area (Å²) in [5.74, 6) is 1.17. The lowest BCUT2D eigenvalue weighted by atomic mass is 10.1. The van der Waals surface area contributed by atoms with Crippen molar-refractivity contribution in [3.63, 3.8) is 0 Å². The van der Waals surface area contributed by atoms with Gasteiger partial charge in [0.05, 0.1) is 17.5 Å². The summed E-state index contributed by atoms with van der Waals surface area (Å²) in [4.78, 5) is 24.7. The maximum absolute atomic E-state index is 11.2. The predicted octanol–water partition coefficient (Wildman–Crippen LogP) is 4.13. The van der Waals surface area contributed by atoms with Gasteiger partial charge >= 0.3 is 0 Å². The quantitative estimate of drug-likeness (QED) is 0.263. The number of hydrogen-bond donors (Lipinski definition) is 3. The van der Waals surface area contributed by atoms with Crippen molar-refractivity contribution < 1.29 is 4.92 Å². The predicted molar refractivity (Wildman–Crippen MR) is 132 cm³/mol.